The number of rotatable bonds is 10. The lowest BCUT2D eigenvalue weighted by molar-refractivity contribution is -0.384. The molecule has 0 aliphatic rings. The topological polar surface area (TPSA) is 130 Å². The van der Waals surface area contributed by atoms with E-state index in [1.807, 2.05) is 0 Å². The van der Waals surface area contributed by atoms with Gasteiger partial charge in [0.2, 0.25) is 21.8 Å². The number of nitro benzene ring substituents is 1. The number of hydrogen-bond acceptors (Lipinski definition) is 6. The molecule has 2 amide bonds. The van der Waals surface area contributed by atoms with Gasteiger partial charge in [0.15, 0.2) is 0 Å². The summed E-state index contributed by atoms with van der Waals surface area (Å²) in [6.07, 6.45) is 1.19. The normalized spacial score (nSPS) is 12.0. The van der Waals surface area contributed by atoms with Crippen molar-refractivity contribution in [2.75, 3.05) is 24.2 Å². The van der Waals surface area contributed by atoms with Crippen LogP contribution in [0.2, 0.25) is 5.02 Å². The van der Waals surface area contributed by atoms with Gasteiger partial charge in [-0.1, -0.05) is 36.7 Å². The third kappa shape index (κ3) is 6.90. The summed E-state index contributed by atoms with van der Waals surface area (Å²) in [5.41, 5.74) is 0.347. The first-order valence-corrected chi connectivity index (χ1v) is 12.2. The number of sulfonamides is 1. The zero-order chi connectivity index (χ0) is 24.8. The Morgan fingerprint density at radius 3 is 2.33 bits per heavy atom. The molecule has 0 aliphatic carbocycles. The van der Waals surface area contributed by atoms with E-state index in [9.17, 15) is 28.1 Å². The van der Waals surface area contributed by atoms with Crippen LogP contribution in [0.25, 0.3) is 0 Å². The smallest absolute Gasteiger partial charge is 0.271 e. The second kappa shape index (κ2) is 11.1. The van der Waals surface area contributed by atoms with E-state index in [4.69, 9.17) is 11.6 Å². The van der Waals surface area contributed by atoms with Crippen molar-refractivity contribution in [1.29, 1.82) is 0 Å². The van der Waals surface area contributed by atoms with Crippen molar-refractivity contribution in [3.63, 3.8) is 0 Å². The van der Waals surface area contributed by atoms with Crippen LogP contribution >= 0.6 is 11.6 Å². The number of benzene rings is 2. The molecule has 0 bridgehead atoms. The third-order valence-corrected chi connectivity index (χ3v) is 6.30. The Labute approximate surface area is 197 Å². The quantitative estimate of drug-likeness (QED) is 0.397. The second-order valence-corrected chi connectivity index (χ2v) is 9.58. The molecule has 0 spiro atoms. The van der Waals surface area contributed by atoms with Gasteiger partial charge >= 0.3 is 0 Å². The molecule has 10 nitrogen and oxygen atoms in total. The summed E-state index contributed by atoms with van der Waals surface area (Å²) in [5.74, 6) is -1.04. The molecule has 0 aromatic heterocycles. The van der Waals surface area contributed by atoms with Crippen LogP contribution in [0.5, 0.6) is 0 Å². The minimum Gasteiger partial charge on any atom is -0.357 e. The molecule has 178 valence electrons. The first-order valence-electron chi connectivity index (χ1n) is 9.95. The highest BCUT2D eigenvalue weighted by molar-refractivity contribution is 7.92. The number of non-ortho nitro benzene ring substituents is 1. The Morgan fingerprint density at radius 1 is 1.18 bits per heavy atom. The minimum absolute atomic E-state index is 0.0283. The number of anilines is 1. The molecule has 33 heavy (non-hydrogen) atoms. The minimum atomic E-state index is -3.98. The van der Waals surface area contributed by atoms with Crippen molar-refractivity contribution >= 4 is 44.8 Å². The first-order chi connectivity index (χ1) is 15.5. The van der Waals surface area contributed by atoms with Crippen LogP contribution in [0.4, 0.5) is 11.4 Å². The highest BCUT2D eigenvalue weighted by Crippen LogP contribution is 2.24. The van der Waals surface area contributed by atoms with Crippen LogP contribution in [0.15, 0.2) is 48.5 Å². The number of halogens is 1. The van der Waals surface area contributed by atoms with Crippen molar-refractivity contribution in [3.05, 3.63) is 69.2 Å². The molecule has 0 saturated heterocycles. The van der Waals surface area contributed by atoms with Gasteiger partial charge < -0.3 is 10.2 Å². The van der Waals surface area contributed by atoms with Crippen LogP contribution in [0.1, 0.15) is 18.9 Å². The summed E-state index contributed by atoms with van der Waals surface area (Å²) in [6, 6.07) is 10.8. The number of nitro groups is 1. The molecule has 2 aromatic carbocycles. The van der Waals surface area contributed by atoms with E-state index < -0.39 is 39.3 Å². The third-order valence-electron chi connectivity index (χ3n) is 4.91. The van der Waals surface area contributed by atoms with Gasteiger partial charge in [-0.25, -0.2) is 8.42 Å². The monoisotopic (exact) mass is 496 g/mol. The van der Waals surface area contributed by atoms with Crippen molar-refractivity contribution in [1.82, 2.24) is 10.2 Å². The molecule has 0 aliphatic heterocycles. The molecule has 2 aromatic rings. The summed E-state index contributed by atoms with van der Waals surface area (Å²) >= 11 is 5.93. The Balaban J connectivity index is 2.45. The van der Waals surface area contributed by atoms with Gasteiger partial charge in [-0.05, 0) is 30.2 Å². The standard InChI is InChI=1S/C21H25ClN4O6S/c1-4-19(21(28)23-2)24(13-15-8-10-16(22)11-9-15)20(27)14-25(33(3,31)32)17-6-5-7-18(12-17)26(29)30/h5-12,19H,4,13-14H2,1-3H3,(H,23,28). The number of nitrogens with zero attached hydrogens (tertiary/aromatic N) is 3. The molecule has 0 heterocycles. The van der Waals surface area contributed by atoms with Gasteiger partial charge in [0, 0.05) is 30.7 Å². The SMILES string of the molecule is CCC(C(=O)NC)N(Cc1ccc(Cl)cc1)C(=O)CN(c1cccc([N+](=O)[O-])c1)S(C)(=O)=O. The number of hydrogen-bond donors (Lipinski definition) is 1. The van der Waals surface area contributed by atoms with Crippen molar-refractivity contribution < 1.29 is 22.9 Å². The number of amides is 2. The molecule has 0 radical (unpaired) electrons. The summed E-state index contributed by atoms with van der Waals surface area (Å²) in [4.78, 5) is 37.6. The van der Waals surface area contributed by atoms with Gasteiger partial charge in [-0.3, -0.25) is 24.0 Å². The molecule has 1 atom stereocenters. The fourth-order valence-electron chi connectivity index (χ4n) is 3.25. The van der Waals surface area contributed by atoms with Crippen molar-refractivity contribution in [2.24, 2.45) is 0 Å². The van der Waals surface area contributed by atoms with Gasteiger partial charge in [-0.15, -0.1) is 0 Å². The number of likely N-dealkylation sites (N-methyl/N-ethyl adjacent to an activating group) is 1. The maximum absolute atomic E-state index is 13.4. The van der Waals surface area contributed by atoms with Crippen molar-refractivity contribution in [2.45, 2.75) is 25.9 Å². The molecule has 12 heteroatoms. The zero-order valence-corrected chi connectivity index (χ0v) is 20.0. The molecule has 0 saturated carbocycles. The van der Waals surface area contributed by atoms with E-state index in [2.05, 4.69) is 5.32 Å². The Hall–Kier alpha value is -3.18. The van der Waals surface area contributed by atoms with E-state index >= 15 is 0 Å². The van der Waals surface area contributed by atoms with E-state index in [1.54, 1.807) is 31.2 Å². The molecule has 1 N–H and O–H groups in total. The van der Waals surface area contributed by atoms with Gasteiger partial charge in [0.1, 0.15) is 12.6 Å². The molecular weight excluding hydrogens is 472 g/mol. The summed E-state index contributed by atoms with van der Waals surface area (Å²) in [5, 5.41) is 14.2. The Bertz CT molecular complexity index is 1120. The molecule has 0 fully saturated rings. The van der Waals surface area contributed by atoms with Crippen LogP contribution < -0.4 is 9.62 Å². The van der Waals surface area contributed by atoms with Crippen LogP contribution in [0, 0.1) is 10.1 Å². The first kappa shape index (κ1) is 26.1. The summed E-state index contributed by atoms with van der Waals surface area (Å²) in [6.45, 7) is 1.13. The Morgan fingerprint density at radius 2 is 1.82 bits per heavy atom. The number of carbonyl (C=O) groups is 2. The zero-order valence-electron chi connectivity index (χ0n) is 18.4. The second-order valence-electron chi connectivity index (χ2n) is 7.23. The lowest BCUT2D eigenvalue weighted by Crippen LogP contribution is -2.51. The fraction of sp³-hybridized carbons (Fsp3) is 0.333. The lowest BCUT2D eigenvalue weighted by Gasteiger charge is -2.32. The maximum atomic E-state index is 13.4. The van der Waals surface area contributed by atoms with Crippen LogP contribution in [-0.2, 0) is 26.2 Å². The molecule has 2 rings (SSSR count). The largest absolute Gasteiger partial charge is 0.357 e. The summed E-state index contributed by atoms with van der Waals surface area (Å²) in [7, 11) is -2.53. The van der Waals surface area contributed by atoms with E-state index in [-0.39, 0.29) is 24.3 Å². The maximum Gasteiger partial charge on any atom is 0.271 e. The predicted octanol–water partition coefficient (Wildman–Crippen LogP) is 2.57. The van der Waals surface area contributed by atoms with E-state index in [1.165, 1.54) is 30.1 Å². The van der Waals surface area contributed by atoms with E-state index in [0.717, 1.165) is 16.6 Å². The number of carbonyl (C=O) groups excluding carboxylic acids is 2. The van der Waals surface area contributed by atoms with Gasteiger partial charge in [0.25, 0.3) is 5.69 Å². The number of nitrogens with one attached hydrogen (secondary N) is 1. The predicted molar refractivity (Wildman–Crippen MR) is 125 cm³/mol. The lowest BCUT2D eigenvalue weighted by atomic mass is 10.1. The average Bonchev–Trinajstić information content (AvgIpc) is 2.77. The van der Waals surface area contributed by atoms with Crippen LogP contribution in [-0.4, -0.2) is 55.9 Å². The molecule has 1 unspecified atom stereocenters. The van der Waals surface area contributed by atoms with Crippen LogP contribution in [0.3, 0.4) is 0 Å². The van der Waals surface area contributed by atoms with Crippen molar-refractivity contribution in [3.8, 4) is 0 Å². The fourth-order valence-corrected chi connectivity index (χ4v) is 4.22. The average molecular weight is 497 g/mol. The van der Waals surface area contributed by atoms with Gasteiger partial charge in [0.05, 0.1) is 16.9 Å². The van der Waals surface area contributed by atoms with Gasteiger partial charge in [-0.2, -0.15) is 0 Å². The highest BCUT2D eigenvalue weighted by atomic mass is 35.5. The molecular formula is C21H25ClN4O6S. The summed E-state index contributed by atoms with van der Waals surface area (Å²) < 4.78 is 25.8. The highest BCUT2D eigenvalue weighted by Gasteiger charge is 2.31. The Kier molecular flexibility index (Phi) is 8.77. The van der Waals surface area contributed by atoms with E-state index in [0.29, 0.717) is 10.6 Å².